The maximum absolute atomic E-state index is 12.7. The third-order valence-corrected chi connectivity index (χ3v) is 7.73. The minimum Gasteiger partial charge on any atom is -0.493 e. The van der Waals surface area contributed by atoms with Gasteiger partial charge in [0.15, 0.2) is 11.5 Å². The Bertz CT molecular complexity index is 1720. The van der Waals surface area contributed by atoms with E-state index < -0.39 is 0 Å². The Morgan fingerprint density at radius 1 is 1.02 bits per heavy atom. The molecule has 1 N–H and O–H groups in total. The Kier molecular flexibility index (Phi) is 6.02. The van der Waals surface area contributed by atoms with Crippen LogP contribution in [-0.2, 0) is 4.79 Å². The quantitative estimate of drug-likeness (QED) is 0.306. The minimum absolute atomic E-state index is 0.0959. The van der Waals surface area contributed by atoms with Gasteiger partial charge in [0.2, 0.25) is 11.9 Å². The van der Waals surface area contributed by atoms with Crippen LogP contribution in [0.5, 0.6) is 11.5 Å². The number of benzene rings is 2. The van der Waals surface area contributed by atoms with Crippen molar-refractivity contribution in [3.8, 4) is 28.7 Å². The van der Waals surface area contributed by atoms with Crippen LogP contribution in [0.25, 0.3) is 39.2 Å². The second-order valence-electron chi connectivity index (χ2n) is 10.4. The molecule has 204 valence electrons. The standard InChI is InChI=1S/C30H30N6O4/c1-38-25-15-22-23(16-26(25)39-2)36(28(33-22)20-7-8-24-19(14-20)10-13-40-24)27-9-11-31-30(34-27)32-21-4-3-12-35(17-21)29(37)18-5-6-18/h7-11,13-16,18,21H,3-6,12,17H2,1-2H3,(H,31,32,34). The molecule has 5 aromatic rings. The van der Waals surface area contributed by atoms with Crippen LogP contribution in [0.1, 0.15) is 25.7 Å². The predicted molar refractivity (Wildman–Crippen MR) is 151 cm³/mol. The van der Waals surface area contributed by atoms with Gasteiger partial charge in [-0.25, -0.2) is 9.97 Å². The van der Waals surface area contributed by atoms with Gasteiger partial charge in [-0.3, -0.25) is 9.36 Å². The van der Waals surface area contributed by atoms with Crippen molar-refractivity contribution >= 4 is 33.9 Å². The lowest BCUT2D eigenvalue weighted by molar-refractivity contribution is -0.133. The first-order chi connectivity index (χ1) is 19.6. The highest BCUT2D eigenvalue weighted by Crippen LogP contribution is 2.37. The second kappa shape index (κ2) is 9.86. The number of piperidine rings is 1. The molecule has 1 saturated carbocycles. The fraction of sp³-hybridized carbons (Fsp3) is 0.333. The molecule has 0 bridgehead atoms. The molecule has 0 spiro atoms. The zero-order valence-corrected chi connectivity index (χ0v) is 22.5. The van der Waals surface area contributed by atoms with Crippen LogP contribution in [-0.4, -0.2) is 63.7 Å². The number of rotatable bonds is 7. The first-order valence-corrected chi connectivity index (χ1v) is 13.6. The molecule has 10 nitrogen and oxygen atoms in total. The van der Waals surface area contributed by atoms with Crippen molar-refractivity contribution in [2.45, 2.75) is 31.7 Å². The normalized spacial score (nSPS) is 17.4. The minimum atomic E-state index is 0.0959. The van der Waals surface area contributed by atoms with Gasteiger partial charge in [-0.15, -0.1) is 0 Å². The Balaban J connectivity index is 1.29. The molecule has 40 heavy (non-hydrogen) atoms. The van der Waals surface area contributed by atoms with Crippen molar-refractivity contribution < 1.29 is 18.7 Å². The number of hydrogen-bond donors (Lipinski definition) is 1. The topological polar surface area (TPSA) is 108 Å². The van der Waals surface area contributed by atoms with Crippen molar-refractivity contribution in [3.63, 3.8) is 0 Å². The molecule has 4 heterocycles. The van der Waals surface area contributed by atoms with Crippen LogP contribution in [0.3, 0.4) is 0 Å². The van der Waals surface area contributed by atoms with Crippen LogP contribution < -0.4 is 14.8 Å². The lowest BCUT2D eigenvalue weighted by atomic mass is 10.1. The summed E-state index contributed by atoms with van der Waals surface area (Å²) in [4.78, 5) is 29.1. The summed E-state index contributed by atoms with van der Waals surface area (Å²) in [6.45, 7) is 1.50. The zero-order valence-electron chi connectivity index (χ0n) is 22.5. The van der Waals surface area contributed by atoms with Crippen LogP contribution >= 0.6 is 0 Å². The maximum Gasteiger partial charge on any atom is 0.225 e. The van der Waals surface area contributed by atoms with Crippen molar-refractivity contribution in [1.29, 1.82) is 0 Å². The Hall–Kier alpha value is -4.60. The third kappa shape index (κ3) is 4.39. The highest BCUT2D eigenvalue weighted by Gasteiger charge is 2.35. The summed E-state index contributed by atoms with van der Waals surface area (Å²) < 4.78 is 18.7. The molecule has 1 saturated heterocycles. The van der Waals surface area contributed by atoms with Gasteiger partial charge in [0, 0.05) is 54.3 Å². The fourth-order valence-electron chi connectivity index (χ4n) is 5.55. The number of furan rings is 1. The zero-order chi connectivity index (χ0) is 27.2. The Morgan fingerprint density at radius 2 is 1.88 bits per heavy atom. The van der Waals surface area contributed by atoms with E-state index >= 15 is 0 Å². The SMILES string of the molecule is COc1cc2nc(-c3ccc4occc4c3)n(-c3ccnc(NC4CCCN(C(=O)C5CC5)C4)n3)c2cc1OC. The average molecular weight is 539 g/mol. The number of hydrogen-bond acceptors (Lipinski definition) is 8. The van der Waals surface area contributed by atoms with Crippen molar-refractivity contribution in [3.05, 3.63) is 54.9 Å². The molecule has 1 atom stereocenters. The van der Waals surface area contributed by atoms with Crippen molar-refractivity contribution in [2.24, 2.45) is 5.92 Å². The largest absolute Gasteiger partial charge is 0.493 e. The summed E-state index contributed by atoms with van der Waals surface area (Å²) in [7, 11) is 3.23. The van der Waals surface area contributed by atoms with E-state index in [1.807, 2.05) is 45.9 Å². The van der Waals surface area contributed by atoms with Gasteiger partial charge in [0.25, 0.3) is 0 Å². The van der Waals surface area contributed by atoms with E-state index in [0.717, 1.165) is 65.6 Å². The number of ether oxygens (including phenoxy) is 2. The number of fused-ring (bicyclic) bond motifs is 2. The summed E-state index contributed by atoms with van der Waals surface area (Å²) in [6, 6.07) is 13.7. The molecule has 2 aromatic carbocycles. The number of amides is 1. The molecule has 1 aliphatic carbocycles. The van der Waals surface area contributed by atoms with Crippen molar-refractivity contribution in [2.75, 3.05) is 32.6 Å². The van der Waals surface area contributed by atoms with Crippen LogP contribution in [0, 0.1) is 5.92 Å². The van der Waals surface area contributed by atoms with E-state index in [1.54, 1.807) is 26.7 Å². The van der Waals surface area contributed by atoms with E-state index in [2.05, 4.69) is 16.4 Å². The van der Waals surface area contributed by atoms with Gasteiger partial charge in [0.1, 0.15) is 17.2 Å². The predicted octanol–water partition coefficient (Wildman–Crippen LogP) is 5.06. The molecule has 1 amide bonds. The van der Waals surface area contributed by atoms with Gasteiger partial charge in [-0.2, -0.15) is 4.98 Å². The van der Waals surface area contributed by atoms with Gasteiger partial charge in [-0.05, 0) is 56.0 Å². The third-order valence-electron chi connectivity index (χ3n) is 7.73. The monoisotopic (exact) mass is 538 g/mol. The van der Waals surface area contributed by atoms with Gasteiger partial charge in [0.05, 0.1) is 31.5 Å². The molecule has 0 radical (unpaired) electrons. The molecule has 1 unspecified atom stereocenters. The number of nitrogens with one attached hydrogen (secondary N) is 1. The number of anilines is 1. The molecule has 2 aliphatic rings. The fourth-order valence-corrected chi connectivity index (χ4v) is 5.55. The van der Waals surface area contributed by atoms with Crippen LogP contribution in [0.15, 0.2) is 59.3 Å². The number of likely N-dealkylation sites (tertiary alicyclic amines) is 1. The number of aromatic nitrogens is 4. The maximum atomic E-state index is 12.7. The van der Waals surface area contributed by atoms with E-state index in [1.165, 1.54) is 0 Å². The number of imidazole rings is 1. The van der Waals surface area contributed by atoms with Crippen LogP contribution in [0.2, 0.25) is 0 Å². The van der Waals surface area contributed by atoms with Gasteiger partial charge < -0.3 is 24.1 Å². The highest BCUT2D eigenvalue weighted by molar-refractivity contribution is 5.88. The second-order valence-corrected chi connectivity index (χ2v) is 10.4. The Morgan fingerprint density at radius 3 is 2.70 bits per heavy atom. The molecule has 10 heteroatoms. The lowest BCUT2D eigenvalue weighted by Crippen LogP contribution is -2.45. The van der Waals surface area contributed by atoms with E-state index in [4.69, 9.17) is 23.9 Å². The lowest BCUT2D eigenvalue weighted by Gasteiger charge is -2.33. The smallest absolute Gasteiger partial charge is 0.225 e. The molecule has 7 rings (SSSR count). The van der Waals surface area contributed by atoms with E-state index in [0.29, 0.717) is 29.8 Å². The molecule has 3 aromatic heterocycles. The van der Waals surface area contributed by atoms with Crippen molar-refractivity contribution in [1.82, 2.24) is 24.4 Å². The highest BCUT2D eigenvalue weighted by atomic mass is 16.5. The Labute approximate surface area is 230 Å². The first-order valence-electron chi connectivity index (χ1n) is 13.6. The molecular weight excluding hydrogens is 508 g/mol. The number of methoxy groups -OCH3 is 2. The average Bonchev–Trinajstić information content (AvgIpc) is 3.61. The summed E-state index contributed by atoms with van der Waals surface area (Å²) in [5.41, 5.74) is 3.29. The van der Waals surface area contributed by atoms with Gasteiger partial charge >= 0.3 is 0 Å². The first kappa shape index (κ1) is 24.4. The number of nitrogens with zero attached hydrogens (tertiary/aromatic N) is 5. The number of carbonyl (C=O) groups excluding carboxylic acids is 1. The van der Waals surface area contributed by atoms with Crippen LogP contribution in [0.4, 0.5) is 5.95 Å². The molecular formula is C30H30N6O4. The van der Waals surface area contributed by atoms with E-state index in [9.17, 15) is 4.79 Å². The van der Waals surface area contributed by atoms with E-state index in [-0.39, 0.29) is 17.9 Å². The molecule has 1 aliphatic heterocycles. The van der Waals surface area contributed by atoms with Gasteiger partial charge in [-0.1, -0.05) is 0 Å². The summed E-state index contributed by atoms with van der Waals surface area (Å²) >= 11 is 0. The summed E-state index contributed by atoms with van der Waals surface area (Å²) in [5.74, 6) is 3.61. The molecule has 2 fully saturated rings. The number of carbonyl (C=O) groups is 1. The summed E-state index contributed by atoms with van der Waals surface area (Å²) in [6.07, 6.45) is 7.39. The summed E-state index contributed by atoms with van der Waals surface area (Å²) in [5, 5.41) is 4.47.